The van der Waals surface area contributed by atoms with Crippen LogP contribution in [-0.2, 0) is 0 Å². The SMILES string of the molecule is CCC(O)c1c(N)cccc1OCC1(O)CCCCC1. The van der Waals surface area contributed by atoms with Gasteiger partial charge in [-0.25, -0.2) is 0 Å². The van der Waals surface area contributed by atoms with E-state index in [1.165, 1.54) is 6.42 Å². The van der Waals surface area contributed by atoms with E-state index >= 15 is 0 Å². The van der Waals surface area contributed by atoms with Crippen molar-refractivity contribution in [3.8, 4) is 5.75 Å². The van der Waals surface area contributed by atoms with Crippen LogP contribution in [0.4, 0.5) is 5.69 Å². The van der Waals surface area contributed by atoms with Gasteiger partial charge in [-0.2, -0.15) is 0 Å². The number of hydrogen-bond acceptors (Lipinski definition) is 4. The highest BCUT2D eigenvalue weighted by molar-refractivity contribution is 5.55. The topological polar surface area (TPSA) is 75.7 Å². The number of benzene rings is 1. The monoisotopic (exact) mass is 279 g/mol. The Hall–Kier alpha value is -1.26. The minimum Gasteiger partial charge on any atom is -0.490 e. The summed E-state index contributed by atoms with van der Waals surface area (Å²) in [6, 6.07) is 5.37. The molecule has 0 bridgehead atoms. The molecule has 4 heteroatoms. The third-order valence-corrected chi connectivity index (χ3v) is 4.10. The van der Waals surface area contributed by atoms with Crippen molar-refractivity contribution < 1.29 is 14.9 Å². The van der Waals surface area contributed by atoms with E-state index in [9.17, 15) is 10.2 Å². The van der Waals surface area contributed by atoms with Gasteiger partial charge in [-0.1, -0.05) is 32.3 Å². The zero-order valence-corrected chi connectivity index (χ0v) is 12.1. The number of nitrogens with two attached hydrogens (primary N) is 1. The van der Waals surface area contributed by atoms with Crippen molar-refractivity contribution in [2.75, 3.05) is 12.3 Å². The smallest absolute Gasteiger partial charge is 0.127 e. The molecule has 0 aromatic heterocycles. The van der Waals surface area contributed by atoms with Crippen LogP contribution in [0.25, 0.3) is 0 Å². The van der Waals surface area contributed by atoms with Gasteiger partial charge in [0.25, 0.3) is 0 Å². The minimum atomic E-state index is -0.739. The van der Waals surface area contributed by atoms with E-state index in [1.807, 2.05) is 13.0 Å². The third kappa shape index (κ3) is 3.44. The van der Waals surface area contributed by atoms with Crippen LogP contribution in [0.15, 0.2) is 18.2 Å². The lowest BCUT2D eigenvalue weighted by Gasteiger charge is -2.32. The maximum atomic E-state index is 10.5. The molecule has 0 aliphatic heterocycles. The van der Waals surface area contributed by atoms with Gasteiger partial charge in [0.2, 0.25) is 0 Å². The van der Waals surface area contributed by atoms with Crippen molar-refractivity contribution in [1.29, 1.82) is 0 Å². The van der Waals surface area contributed by atoms with E-state index in [4.69, 9.17) is 10.5 Å². The Labute approximate surface area is 120 Å². The lowest BCUT2D eigenvalue weighted by molar-refractivity contribution is -0.0345. The largest absolute Gasteiger partial charge is 0.490 e. The van der Waals surface area contributed by atoms with Crippen molar-refractivity contribution in [3.05, 3.63) is 23.8 Å². The molecule has 1 aliphatic carbocycles. The molecular formula is C16H25NO3. The van der Waals surface area contributed by atoms with Gasteiger partial charge < -0.3 is 20.7 Å². The molecule has 1 unspecified atom stereocenters. The van der Waals surface area contributed by atoms with E-state index in [1.54, 1.807) is 12.1 Å². The van der Waals surface area contributed by atoms with Gasteiger partial charge in [0, 0.05) is 11.3 Å². The number of anilines is 1. The van der Waals surface area contributed by atoms with Crippen LogP contribution in [0.2, 0.25) is 0 Å². The quantitative estimate of drug-likeness (QED) is 0.724. The van der Waals surface area contributed by atoms with Crippen molar-refractivity contribution in [2.45, 2.75) is 57.2 Å². The molecule has 1 aliphatic rings. The van der Waals surface area contributed by atoms with Crippen molar-refractivity contribution >= 4 is 5.69 Å². The third-order valence-electron chi connectivity index (χ3n) is 4.10. The Kier molecular flexibility index (Phi) is 4.89. The molecule has 1 saturated carbocycles. The fourth-order valence-corrected chi connectivity index (χ4v) is 2.81. The summed E-state index contributed by atoms with van der Waals surface area (Å²) in [6.07, 6.45) is 4.77. The Morgan fingerprint density at radius 3 is 2.65 bits per heavy atom. The molecule has 1 aromatic rings. The summed E-state index contributed by atoms with van der Waals surface area (Å²) in [7, 11) is 0. The second-order valence-electron chi connectivity index (χ2n) is 5.76. The van der Waals surface area contributed by atoms with E-state index in [2.05, 4.69) is 0 Å². The Balaban J connectivity index is 2.11. The number of rotatable bonds is 5. The van der Waals surface area contributed by atoms with Crippen LogP contribution < -0.4 is 10.5 Å². The number of ether oxygens (including phenoxy) is 1. The number of aliphatic hydroxyl groups excluding tert-OH is 1. The highest BCUT2D eigenvalue weighted by Crippen LogP contribution is 2.34. The Bertz CT molecular complexity index is 441. The first-order valence-electron chi connectivity index (χ1n) is 7.47. The molecule has 4 nitrogen and oxygen atoms in total. The molecule has 20 heavy (non-hydrogen) atoms. The summed E-state index contributed by atoms with van der Waals surface area (Å²) in [5.74, 6) is 0.582. The summed E-state index contributed by atoms with van der Waals surface area (Å²) in [5, 5.41) is 20.5. The van der Waals surface area contributed by atoms with Crippen molar-refractivity contribution in [2.24, 2.45) is 0 Å². The van der Waals surface area contributed by atoms with Gasteiger partial charge in [-0.15, -0.1) is 0 Å². The van der Waals surface area contributed by atoms with Gasteiger partial charge in [0.15, 0.2) is 0 Å². The predicted octanol–water partition coefficient (Wildman–Crippen LogP) is 2.79. The summed E-state index contributed by atoms with van der Waals surface area (Å²) in [5.41, 5.74) is 6.37. The molecule has 0 heterocycles. The maximum Gasteiger partial charge on any atom is 0.127 e. The van der Waals surface area contributed by atoms with Crippen LogP contribution in [0.3, 0.4) is 0 Å². The van der Waals surface area contributed by atoms with Crippen molar-refractivity contribution in [1.82, 2.24) is 0 Å². The molecular weight excluding hydrogens is 254 g/mol. The van der Waals surface area contributed by atoms with Crippen LogP contribution in [0.5, 0.6) is 5.75 Å². The second-order valence-corrected chi connectivity index (χ2v) is 5.76. The summed E-state index contributed by atoms with van der Waals surface area (Å²) in [4.78, 5) is 0. The minimum absolute atomic E-state index is 0.264. The van der Waals surface area contributed by atoms with Gasteiger partial charge >= 0.3 is 0 Å². The first-order valence-corrected chi connectivity index (χ1v) is 7.47. The molecule has 0 saturated heterocycles. The van der Waals surface area contributed by atoms with E-state index in [0.29, 0.717) is 23.4 Å². The van der Waals surface area contributed by atoms with Crippen LogP contribution in [-0.4, -0.2) is 22.4 Å². The normalized spacial score (nSPS) is 19.6. The molecule has 0 radical (unpaired) electrons. The molecule has 0 amide bonds. The van der Waals surface area contributed by atoms with E-state index < -0.39 is 11.7 Å². The molecule has 2 rings (SSSR count). The lowest BCUT2D eigenvalue weighted by Crippen LogP contribution is -2.38. The number of aliphatic hydroxyl groups is 2. The Morgan fingerprint density at radius 1 is 1.30 bits per heavy atom. The lowest BCUT2D eigenvalue weighted by atomic mass is 9.85. The van der Waals surface area contributed by atoms with Gasteiger partial charge in [0.05, 0.1) is 11.7 Å². The molecule has 1 fully saturated rings. The predicted molar refractivity (Wildman–Crippen MR) is 79.6 cm³/mol. The first-order chi connectivity index (χ1) is 9.56. The average molecular weight is 279 g/mol. The van der Waals surface area contributed by atoms with Gasteiger partial charge in [0.1, 0.15) is 12.4 Å². The molecule has 4 N–H and O–H groups in total. The fourth-order valence-electron chi connectivity index (χ4n) is 2.81. The number of hydrogen-bond donors (Lipinski definition) is 3. The second kappa shape index (κ2) is 6.46. The zero-order chi connectivity index (χ0) is 14.6. The molecule has 112 valence electrons. The highest BCUT2D eigenvalue weighted by atomic mass is 16.5. The van der Waals surface area contributed by atoms with E-state index in [0.717, 1.165) is 25.7 Å². The Morgan fingerprint density at radius 2 is 2.00 bits per heavy atom. The number of nitrogen functional groups attached to an aromatic ring is 1. The summed E-state index contributed by atoms with van der Waals surface area (Å²) in [6.45, 7) is 2.16. The van der Waals surface area contributed by atoms with Gasteiger partial charge in [-0.05, 0) is 31.4 Å². The standard InChI is InChI=1S/C16H25NO3/c1-2-13(18)15-12(17)7-6-8-14(15)20-11-16(19)9-4-3-5-10-16/h6-8,13,18-19H,2-5,9-11,17H2,1H3. The average Bonchev–Trinajstić information content (AvgIpc) is 2.45. The summed E-state index contributed by atoms with van der Waals surface area (Å²) < 4.78 is 5.79. The van der Waals surface area contributed by atoms with Crippen LogP contribution in [0, 0.1) is 0 Å². The molecule has 1 aromatic carbocycles. The van der Waals surface area contributed by atoms with Crippen molar-refractivity contribution in [3.63, 3.8) is 0 Å². The van der Waals surface area contributed by atoms with Crippen LogP contribution >= 0.6 is 0 Å². The maximum absolute atomic E-state index is 10.5. The first kappa shape index (κ1) is 15.1. The zero-order valence-electron chi connectivity index (χ0n) is 12.1. The van der Waals surface area contributed by atoms with Crippen LogP contribution in [0.1, 0.15) is 57.1 Å². The van der Waals surface area contributed by atoms with E-state index in [-0.39, 0.29) is 6.61 Å². The highest BCUT2D eigenvalue weighted by Gasteiger charge is 2.30. The fraction of sp³-hybridized carbons (Fsp3) is 0.625. The summed E-state index contributed by atoms with van der Waals surface area (Å²) >= 11 is 0. The van der Waals surface area contributed by atoms with Gasteiger partial charge in [-0.3, -0.25) is 0 Å². The molecule has 1 atom stereocenters. The molecule has 0 spiro atoms.